The number of carbonyl (C=O) groups excluding carboxylic acids is 2. The Morgan fingerprint density at radius 1 is 1.20 bits per heavy atom. The second-order valence-corrected chi connectivity index (χ2v) is 3.84. The minimum Gasteiger partial charge on any atom is -0.497 e. The van der Waals surface area contributed by atoms with Crippen molar-refractivity contribution in [1.29, 1.82) is 10.8 Å². The molecule has 104 valence electrons. The summed E-state index contributed by atoms with van der Waals surface area (Å²) in [7, 11) is 1.56. The van der Waals surface area contributed by atoms with Crippen molar-refractivity contribution in [2.24, 2.45) is 4.99 Å². The summed E-state index contributed by atoms with van der Waals surface area (Å²) >= 11 is 0. The zero-order valence-corrected chi connectivity index (χ0v) is 11.1. The number of carbonyl (C=O) groups is 2. The molecule has 0 unspecified atom stereocenters. The van der Waals surface area contributed by atoms with Crippen LogP contribution in [0.3, 0.4) is 0 Å². The van der Waals surface area contributed by atoms with E-state index in [0.29, 0.717) is 11.4 Å². The molecule has 0 spiro atoms. The Bertz CT molecular complexity index is 547. The number of benzene rings is 1. The van der Waals surface area contributed by atoms with Crippen LogP contribution < -0.4 is 4.74 Å². The van der Waals surface area contributed by atoms with E-state index in [4.69, 9.17) is 15.6 Å². The molecule has 1 aromatic rings. The lowest BCUT2D eigenvalue weighted by Crippen LogP contribution is -2.23. The normalized spacial score (nSPS) is 10.2. The van der Waals surface area contributed by atoms with Crippen molar-refractivity contribution in [2.45, 2.75) is 12.8 Å². The van der Waals surface area contributed by atoms with Gasteiger partial charge in [0.05, 0.1) is 12.8 Å². The molecule has 1 rings (SSSR count). The standard InChI is InChI=1S/C14H15N3O3/c1-20-11-4-2-10(3-5-11)17-9-7-13(19)14(16)12(18)6-8-15/h2-5,8-9,15-16H,6-7H2,1H3. The van der Waals surface area contributed by atoms with E-state index in [1.807, 2.05) is 0 Å². The SMILES string of the molecule is COc1ccc(N=CCC(=O)C(=N)C(=O)CC=N)cc1. The lowest BCUT2D eigenvalue weighted by atomic mass is 10.1. The van der Waals surface area contributed by atoms with Crippen molar-refractivity contribution in [1.82, 2.24) is 0 Å². The van der Waals surface area contributed by atoms with E-state index in [1.54, 1.807) is 31.4 Å². The van der Waals surface area contributed by atoms with Crippen LogP contribution in [0.25, 0.3) is 0 Å². The van der Waals surface area contributed by atoms with Crippen molar-refractivity contribution >= 4 is 35.4 Å². The van der Waals surface area contributed by atoms with E-state index in [2.05, 4.69) is 4.99 Å². The summed E-state index contributed by atoms with van der Waals surface area (Å²) in [4.78, 5) is 26.8. The van der Waals surface area contributed by atoms with Gasteiger partial charge in [0.2, 0.25) is 0 Å². The Hall–Kier alpha value is -2.63. The number of aliphatic imine (C=N–C) groups is 1. The maximum atomic E-state index is 11.5. The Labute approximate surface area is 116 Å². The molecule has 6 nitrogen and oxygen atoms in total. The molecule has 0 aliphatic carbocycles. The first kappa shape index (κ1) is 15.4. The molecule has 0 amide bonds. The lowest BCUT2D eigenvalue weighted by molar-refractivity contribution is -0.115. The number of hydrogen-bond donors (Lipinski definition) is 2. The van der Waals surface area contributed by atoms with Gasteiger partial charge in [-0.3, -0.25) is 20.0 Å². The lowest BCUT2D eigenvalue weighted by Gasteiger charge is -1.99. The molecule has 0 saturated carbocycles. The Kier molecular flexibility index (Phi) is 5.96. The Morgan fingerprint density at radius 2 is 1.80 bits per heavy atom. The minimum atomic E-state index is -0.650. The van der Waals surface area contributed by atoms with Gasteiger partial charge in [-0.2, -0.15) is 0 Å². The van der Waals surface area contributed by atoms with Crippen LogP contribution in [-0.4, -0.2) is 36.8 Å². The topological polar surface area (TPSA) is 103 Å². The number of ether oxygens (including phenoxy) is 1. The molecular formula is C14H15N3O3. The smallest absolute Gasteiger partial charge is 0.189 e. The fourth-order valence-corrected chi connectivity index (χ4v) is 1.35. The molecule has 0 atom stereocenters. The predicted molar refractivity (Wildman–Crippen MR) is 76.9 cm³/mol. The van der Waals surface area contributed by atoms with Crippen LogP contribution in [0, 0.1) is 10.8 Å². The Balaban J connectivity index is 2.55. The van der Waals surface area contributed by atoms with Crippen molar-refractivity contribution in [3.05, 3.63) is 24.3 Å². The summed E-state index contributed by atoms with van der Waals surface area (Å²) in [6, 6.07) is 6.94. The number of hydrogen-bond acceptors (Lipinski definition) is 6. The van der Waals surface area contributed by atoms with Crippen LogP contribution in [0.2, 0.25) is 0 Å². The monoisotopic (exact) mass is 273 g/mol. The highest BCUT2D eigenvalue weighted by Crippen LogP contribution is 2.17. The third-order valence-electron chi connectivity index (χ3n) is 2.43. The zero-order valence-electron chi connectivity index (χ0n) is 11.1. The van der Waals surface area contributed by atoms with Crippen LogP contribution in [0.15, 0.2) is 29.3 Å². The summed E-state index contributed by atoms with van der Waals surface area (Å²) in [5.74, 6) is -0.545. The highest BCUT2D eigenvalue weighted by molar-refractivity contribution is 6.66. The quantitative estimate of drug-likeness (QED) is 0.559. The number of rotatable bonds is 8. The molecule has 0 aliphatic heterocycles. The first-order chi connectivity index (χ1) is 9.58. The molecule has 20 heavy (non-hydrogen) atoms. The predicted octanol–water partition coefficient (Wildman–Crippen LogP) is 1.99. The average molecular weight is 273 g/mol. The van der Waals surface area contributed by atoms with Gasteiger partial charge in [0, 0.05) is 25.3 Å². The first-order valence-corrected chi connectivity index (χ1v) is 5.89. The van der Waals surface area contributed by atoms with E-state index >= 15 is 0 Å². The fraction of sp³-hybridized carbons (Fsp3) is 0.214. The summed E-state index contributed by atoms with van der Waals surface area (Å²) in [5, 5.41) is 14.1. The maximum absolute atomic E-state index is 11.5. The van der Waals surface area contributed by atoms with E-state index in [-0.39, 0.29) is 12.8 Å². The van der Waals surface area contributed by atoms with Gasteiger partial charge in [0.15, 0.2) is 11.6 Å². The molecule has 2 N–H and O–H groups in total. The van der Waals surface area contributed by atoms with Crippen molar-refractivity contribution in [3.8, 4) is 5.75 Å². The molecule has 0 radical (unpaired) electrons. The highest BCUT2D eigenvalue weighted by atomic mass is 16.5. The van der Waals surface area contributed by atoms with Gasteiger partial charge in [-0.1, -0.05) is 0 Å². The molecule has 0 heterocycles. The van der Waals surface area contributed by atoms with Gasteiger partial charge in [-0.05, 0) is 24.3 Å². The van der Waals surface area contributed by atoms with Crippen molar-refractivity contribution in [3.63, 3.8) is 0 Å². The summed E-state index contributed by atoms with van der Waals surface area (Å²) < 4.78 is 5.00. The van der Waals surface area contributed by atoms with Gasteiger partial charge in [0.1, 0.15) is 11.5 Å². The molecule has 0 aromatic heterocycles. The van der Waals surface area contributed by atoms with Crippen LogP contribution in [0.1, 0.15) is 12.8 Å². The van der Waals surface area contributed by atoms with Crippen LogP contribution in [0.5, 0.6) is 5.75 Å². The maximum Gasteiger partial charge on any atom is 0.189 e. The van der Waals surface area contributed by atoms with Crippen molar-refractivity contribution in [2.75, 3.05) is 7.11 Å². The molecule has 0 fully saturated rings. The number of nitrogens with one attached hydrogen (secondary N) is 2. The van der Waals surface area contributed by atoms with E-state index in [9.17, 15) is 9.59 Å². The number of ketones is 2. The summed E-state index contributed by atoms with van der Waals surface area (Å²) in [6.07, 6.45) is 1.89. The molecule has 0 aliphatic rings. The van der Waals surface area contributed by atoms with Gasteiger partial charge in [0.25, 0.3) is 0 Å². The fourth-order valence-electron chi connectivity index (χ4n) is 1.35. The molecule has 1 aromatic carbocycles. The van der Waals surface area contributed by atoms with E-state index in [0.717, 1.165) is 6.21 Å². The van der Waals surface area contributed by atoms with Gasteiger partial charge < -0.3 is 10.1 Å². The van der Waals surface area contributed by atoms with E-state index < -0.39 is 17.3 Å². The first-order valence-electron chi connectivity index (χ1n) is 5.89. The molecular weight excluding hydrogens is 258 g/mol. The number of nitrogens with zero attached hydrogens (tertiary/aromatic N) is 1. The molecule has 6 heteroatoms. The van der Waals surface area contributed by atoms with Crippen molar-refractivity contribution < 1.29 is 14.3 Å². The highest BCUT2D eigenvalue weighted by Gasteiger charge is 2.15. The minimum absolute atomic E-state index is 0.116. The second-order valence-electron chi connectivity index (χ2n) is 3.84. The summed E-state index contributed by atoms with van der Waals surface area (Å²) in [6.45, 7) is 0. The van der Waals surface area contributed by atoms with E-state index in [1.165, 1.54) is 6.21 Å². The number of Topliss-reactive ketones (excluding diaryl/α,β-unsaturated/α-hetero) is 2. The second kappa shape index (κ2) is 7.73. The van der Waals surface area contributed by atoms with Gasteiger partial charge in [-0.15, -0.1) is 0 Å². The van der Waals surface area contributed by atoms with Crippen LogP contribution >= 0.6 is 0 Å². The molecule has 0 saturated heterocycles. The van der Waals surface area contributed by atoms with Gasteiger partial charge >= 0.3 is 0 Å². The number of methoxy groups -OCH3 is 1. The average Bonchev–Trinajstić information content (AvgIpc) is 2.47. The van der Waals surface area contributed by atoms with Crippen LogP contribution in [-0.2, 0) is 9.59 Å². The zero-order chi connectivity index (χ0) is 15.0. The third-order valence-corrected chi connectivity index (χ3v) is 2.43. The van der Waals surface area contributed by atoms with Gasteiger partial charge in [-0.25, -0.2) is 0 Å². The third kappa shape index (κ3) is 4.56. The summed E-state index contributed by atoms with van der Waals surface area (Å²) in [5.41, 5.74) is 0.0608. The molecule has 0 bridgehead atoms. The Morgan fingerprint density at radius 3 is 2.35 bits per heavy atom. The largest absolute Gasteiger partial charge is 0.497 e. The van der Waals surface area contributed by atoms with Crippen LogP contribution in [0.4, 0.5) is 5.69 Å².